The van der Waals surface area contributed by atoms with E-state index in [0.29, 0.717) is 6.54 Å². The van der Waals surface area contributed by atoms with Crippen LogP contribution in [-0.2, 0) is 21.4 Å². The first-order valence-electron chi connectivity index (χ1n) is 10.4. The topological polar surface area (TPSA) is 50.8 Å². The molecule has 0 aliphatic carbocycles. The summed E-state index contributed by atoms with van der Waals surface area (Å²) in [4.78, 5) is 14.7. The Kier molecular flexibility index (Phi) is 5.26. The number of amides is 1. The summed E-state index contributed by atoms with van der Waals surface area (Å²) >= 11 is 0. The molecule has 1 N–H and O–H groups in total. The van der Waals surface area contributed by atoms with E-state index in [4.69, 9.17) is 9.47 Å². The van der Waals surface area contributed by atoms with Crippen molar-refractivity contribution in [1.82, 2.24) is 0 Å². The molecule has 2 aromatic carbocycles. The molecule has 2 aliphatic rings. The van der Waals surface area contributed by atoms with E-state index in [1.54, 1.807) is 0 Å². The monoisotopic (exact) mass is 394 g/mol. The van der Waals surface area contributed by atoms with E-state index in [0.717, 1.165) is 44.0 Å². The summed E-state index contributed by atoms with van der Waals surface area (Å²) in [7, 11) is 0. The fourth-order valence-corrected chi connectivity index (χ4v) is 4.25. The maximum Gasteiger partial charge on any atom is 0.414 e. The normalized spacial score (nSPS) is 17.8. The molecule has 1 spiro atoms. The first kappa shape index (κ1) is 19.8. The van der Waals surface area contributed by atoms with Crippen LogP contribution in [0.1, 0.15) is 44.7 Å². The maximum absolute atomic E-state index is 12.9. The average molecular weight is 395 g/mol. The Hall–Kier alpha value is -2.53. The quantitative estimate of drug-likeness (QED) is 0.787. The number of ether oxygens (including phenoxy) is 2. The Morgan fingerprint density at radius 2 is 1.86 bits per heavy atom. The largest absolute Gasteiger partial charge is 0.443 e. The van der Waals surface area contributed by atoms with Gasteiger partial charge in [0.1, 0.15) is 5.60 Å². The van der Waals surface area contributed by atoms with Gasteiger partial charge in [-0.2, -0.15) is 0 Å². The van der Waals surface area contributed by atoms with Gasteiger partial charge >= 0.3 is 6.09 Å². The Balaban J connectivity index is 1.61. The summed E-state index contributed by atoms with van der Waals surface area (Å²) < 4.78 is 11.3. The highest BCUT2D eigenvalue weighted by Gasteiger charge is 2.46. The fourth-order valence-electron chi connectivity index (χ4n) is 4.25. The lowest BCUT2D eigenvalue weighted by Gasteiger charge is -2.34. The molecule has 29 heavy (non-hydrogen) atoms. The minimum atomic E-state index is -0.514. The molecule has 2 aliphatic heterocycles. The van der Waals surface area contributed by atoms with Gasteiger partial charge in [0.05, 0.1) is 5.69 Å². The van der Waals surface area contributed by atoms with Crippen LogP contribution >= 0.6 is 0 Å². The van der Waals surface area contributed by atoms with Gasteiger partial charge in [-0.15, -0.1) is 0 Å². The van der Waals surface area contributed by atoms with Crippen LogP contribution in [0, 0.1) is 0 Å². The number of rotatable bonds is 3. The van der Waals surface area contributed by atoms with Crippen LogP contribution in [0.25, 0.3) is 0 Å². The molecule has 2 heterocycles. The highest BCUT2D eigenvalue weighted by atomic mass is 16.6. The second kappa shape index (κ2) is 7.71. The summed E-state index contributed by atoms with van der Waals surface area (Å²) in [6.07, 6.45) is 1.56. The first-order valence-corrected chi connectivity index (χ1v) is 10.4. The van der Waals surface area contributed by atoms with Crippen LogP contribution in [0.3, 0.4) is 0 Å². The van der Waals surface area contributed by atoms with Crippen LogP contribution < -0.4 is 10.2 Å². The van der Waals surface area contributed by atoms with Crippen LogP contribution in [0.5, 0.6) is 0 Å². The van der Waals surface area contributed by atoms with Crippen LogP contribution in [0.2, 0.25) is 0 Å². The molecule has 5 heteroatoms. The third-order valence-electron chi connectivity index (χ3n) is 5.72. The zero-order valence-corrected chi connectivity index (χ0v) is 17.5. The zero-order chi connectivity index (χ0) is 20.5. The van der Waals surface area contributed by atoms with E-state index < -0.39 is 5.60 Å². The number of nitrogens with one attached hydrogen (secondary N) is 1. The van der Waals surface area contributed by atoms with Crippen molar-refractivity contribution in [2.75, 3.05) is 30.0 Å². The molecule has 0 radical (unpaired) electrons. The molecule has 0 bridgehead atoms. The Morgan fingerprint density at radius 1 is 1.14 bits per heavy atom. The molecule has 0 saturated carbocycles. The van der Waals surface area contributed by atoms with Gasteiger partial charge in [-0.05, 0) is 62.9 Å². The smallest absolute Gasteiger partial charge is 0.414 e. The highest BCUT2D eigenvalue weighted by molar-refractivity contribution is 5.92. The maximum atomic E-state index is 12.9. The summed E-state index contributed by atoms with van der Waals surface area (Å²) in [5.41, 5.74) is 3.93. The molecule has 0 aromatic heterocycles. The van der Waals surface area contributed by atoms with Crippen LogP contribution in [0.15, 0.2) is 48.5 Å². The number of fused-ring (bicyclic) bond motifs is 2. The second-order valence-corrected chi connectivity index (χ2v) is 9.03. The third-order valence-corrected chi connectivity index (χ3v) is 5.72. The molecule has 2 aromatic rings. The van der Waals surface area contributed by atoms with Gasteiger partial charge in [-0.25, -0.2) is 4.79 Å². The fraction of sp³-hybridized carbons (Fsp3) is 0.458. The van der Waals surface area contributed by atoms with Gasteiger partial charge in [-0.3, -0.25) is 4.90 Å². The van der Waals surface area contributed by atoms with Crippen molar-refractivity contribution in [3.05, 3.63) is 59.7 Å². The van der Waals surface area contributed by atoms with Gasteiger partial charge < -0.3 is 14.8 Å². The number of carbonyl (C=O) groups excluding carboxylic acids is 1. The van der Waals surface area contributed by atoms with Crippen molar-refractivity contribution in [1.29, 1.82) is 0 Å². The van der Waals surface area contributed by atoms with Crippen molar-refractivity contribution in [3.63, 3.8) is 0 Å². The molecule has 1 saturated heterocycles. The lowest BCUT2D eigenvalue weighted by Crippen LogP contribution is -2.42. The molecular weight excluding hydrogens is 364 g/mol. The SMILES string of the molecule is CC(C)(C)OC(=O)N1CC2(CCOCC2)c2cc(NCc3ccccc3)ccc21. The van der Waals surface area contributed by atoms with Crippen LogP contribution in [-0.4, -0.2) is 31.5 Å². The summed E-state index contributed by atoms with van der Waals surface area (Å²) in [5.74, 6) is 0. The van der Waals surface area contributed by atoms with Crippen LogP contribution in [0.4, 0.5) is 16.2 Å². The Labute approximate surface area is 173 Å². The predicted molar refractivity (Wildman–Crippen MR) is 116 cm³/mol. The zero-order valence-electron chi connectivity index (χ0n) is 17.5. The number of anilines is 2. The molecule has 4 rings (SSSR count). The predicted octanol–water partition coefficient (Wildman–Crippen LogP) is 5.10. The minimum Gasteiger partial charge on any atom is -0.443 e. The van der Waals surface area contributed by atoms with E-state index in [-0.39, 0.29) is 11.5 Å². The van der Waals surface area contributed by atoms with Gasteiger partial charge in [0, 0.05) is 37.4 Å². The van der Waals surface area contributed by atoms with Crippen molar-refractivity contribution < 1.29 is 14.3 Å². The Morgan fingerprint density at radius 3 is 2.55 bits per heavy atom. The molecule has 1 amide bonds. The van der Waals surface area contributed by atoms with Crippen molar-refractivity contribution in [2.24, 2.45) is 0 Å². The summed E-state index contributed by atoms with van der Waals surface area (Å²) in [6, 6.07) is 16.7. The van der Waals surface area contributed by atoms with Crippen molar-refractivity contribution in [2.45, 2.75) is 51.2 Å². The Bertz CT molecular complexity index is 867. The van der Waals surface area contributed by atoms with Crippen molar-refractivity contribution in [3.8, 4) is 0 Å². The number of carbonyl (C=O) groups is 1. The standard InChI is InChI=1S/C24H30N2O3/c1-23(2,3)29-22(27)26-17-24(11-13-28-14-12-24)20-15-19(9-10-21(20)26)25-16-18-7-5-4-6-8-18/h4-10,15,25H,11-14,16-17H2,1-3H3. The van der Waals surface area contributed by atoms with E-state index in [2.05, 4.69) is 47.8 Å². The first-order chi connectivity index (χ1) is 13.9. The highest BCUT2D eigenvalue weighted by Crippen LogP contribution is 2.48. The number of hydrogen-bond acceptors (Lipinski definition) is 4. The lowest BCUT2D eigenvalue weighted by molar-refractivity contribution is 0.0474. The summed E-state index contributed by atoms with van der Waals surface area (Å²) in [6.45, 7) is 8.59. The molecule has 1 fully saturated rings. The van der Waals surface area contributed by atoms with E-state index in [1.165, 1.54) is 11.1 Å². The van der Waals surface area contributed by atoms with E-state index >= 15 is 0 Å². The van der Waals surface area contributed by atoms with Gasteiger partial charge in [0.2, 0.25) is 0 Å². The summed E-state index contributed by atoms with van der Waals surface area (Å²) in [5, 5.41) is 3.53. The molecule has 154 valence electrons. The number of benzene rings is 2. The number of nitrogens with zero attached hydrogens (tertiary/aromatic N) is 1. The number of hydrogen-bond donors (Lipinski definition) is 1. The minimum absolute atomic E-state index is 0.0606. The van der Waals surface area contributed by atoms with Gasteiger partial charge in [0.25, 0.3) is 0 Å². The average Bonchev–Trinajstić information content (AvgIpc) is 3.00. The van der Waals surface area contributed by atoms with Gasteiger partial charge in [-0.1, -0.05) is 30.3 Å². The van der Waals surface area contributed by atoms with Gasteiger partial charge in [0.15, 0.2) is 0 Å². The van der Waals surface area contributed by atoms with E-state index in [9.17, 15) is 4.79 Å². The second-order valence-electron chi connectivity index (χ2n) is 9.03. The molecule has 0 atom stereocenters. The van der Waals surface area contributed by atoms with Crippen molar-refractivity contribution >= 4 is 17.5 Å². The molecule has 5 nitrogen and oxygen atoms in total. The van der Waals surface area contributed by atoms with E-state index in [1.807, 2.05) is 31.7 Å². The molecule has 0 unspecified atom stereocenters. The lowest BCUT2D eigenvalue weighted by atomic mass is 9.76. The third kappa shape index (κ3) is 4.25. The molecular formula is C24H30N2O3.